The molecule has 12 heteroatoms. The number of anilines is 1. The number of benzene rings is 2. The minimum atomic E-state index is -0.578. The van der Waals surface area contributed by atoms with Gasteiger partial charge in [-0.15, -0.1) is 0 Å². The van der Waals surface area contributed by atoms with Crippen molar-refractivity contribution in [1.82, 2.24) is 5.43 Å². The van der Waals surface area contributed by atoms with Crippen LogP contribution in [0.1, 0.15) is 44.9 Å². The highest BCUT2D eigenvalue weighted by Crippen LogP contribution is 2.28. The third kappa shape index (κ3) is 6.53. The summed E-state index contributed by atoms with van der Waals surface area (Å²) in [5, 5.41) is 18.1. The van der Waals surface area contributed by atoms with Crippen LogP contribution < -0.4 is 15.5 Å². The van der Waals surface area contributed by atoms with Gasteiger partial charge in [-0.25, -0.2) is 5.43 Å². The number of amides is 2. The molecule has 2 heterocycles. The van der Waals surface area contributed by atoms with Crippen LogP contribution in [0.4, 0.5) is 11.4 Å². The predicted molar refractivity (Wildman–Crippen MR) is 141 cm³/mol. The zero-order chi connectivity index (χ0) is 27.2. The van der Waals surface area contributed by atoms with E-state index in [9.17, 15) is 19.7 Å². The topological polar surface area (TPSA) is 149 Å². The zero-order valence-electron chi connectivity index (χ0n) is 20.2. The zero-order valence-corrected chi connectivity index (χ0v) is 21.8. The molecular weight excluding hydrogens is 560 g/mol. The fraction of sp³-hybridized carbons (Fsp3) is 0.115. The summed E-state index contributed by atoms with van der Waals surface area (Å²) in [6.07, 6.45) is 0. The maximum Gasteiger partial charge on any atom is 0.311 e. The van der Waals surface area contributed by atoms with Crippen LogP contribution in [-0.2, 0) is 6.61 Å². The van der Waals surface area contributed by atoms with Crippen molar-refractivity contribution in [2.45, 2.75) is 20.5 Å². The Bertz CT molecular complexity index is 1520. The number of nitro benzene ring substituents is 1. The van der Waals surface area contributed by atoms with Gasteiger partial charge in [-0.1, -0.05) is 18.2 Å². The van der Waals surface area contributed by atoms with E-state index < -0.39 is 10.8 Å². The Labute approximate surface area is 224 Å². The van der Waals surface area contributed by atoms with Crippen molar-refractivity contribution >= 4 is 44.8 Å². The van der Waals surface area contributed by atoms with Crippen molar-refractivity contribution in [2.24, 2.45) is 5.10 Å². The Morgan fingerprint density at radius 3 is 2.39 bits per heavy atom. The lowest BCUT2D eigenvalue weighted by atomic mass is 10.1. The van der Waals surface area contributed by atoms with E-state index in [4.69, 9.17) is 13.6 Å². The quantitative estimate of drug-likeness (QED) is 0.143. The van der Waals surface area contributed by atoms with Gasteiger partial charge in [0.2, 0.25) is 0 Å². The van der Waals surface area contributed by atoms with E-state index in [0.717, 1.165) is 11.1 Å². The van der Waals surface area contributed by atoms with Crippen molar-refractivity contribution in [3.8, 4) is 5.75 Å². The molecular formula is C26H21BrN4O7. The van der Waals surface area contributed by atoms with Gasteiger partial charge in [-0.2, -0.15) is 5.10 Å². The highest BCUT2D eigenvalue weighted by Gasteiger charge is 2.17. The molecule has 0 saturated carbocycles. The van der Waals surface area contributed by atoms with E-state index in [-0.39, 0.29) is 35.5 Å². The molecule has 0 bridgehead atoms. The summed E-state index contributed by atoms with van der Waals surface area (Å²) in [7, 11) is 0. The second-order valence-corrected chi connectivity index (χ2v) is 8.84. The number of ether oxygens (including phenoxy) is 1. The number of hydrogen-bond donors (Lipinski definition) is 2. The van der Waals surface area contributed by atoms with Crippen molar-refractivity contribution < 1.29 is 28.1 Å². The third-order valence-electron chi connectivity index (χ3n) is 5.25. The van der Waals surface area contributed by atoms with Crippen LogP contribution in [0.2, 0.25) is 0 Å². The van der Waals surface area contributed by atoms with Crippen LogP contribution in [-0.4, -0.2) is 22.4 Å². The summed E-state index contributed by atoms with van der Waals surface area (Å²) < 4.78 is 16.7. The second-order valence-electron chi connectivity index (χ2n) is 8.06. The average molecular weight is 581 g/mol. The fourth-order valence-corrected chi connectivity index (χ4v) is 3.60. The first kappa shape index (κ1) is 26.4. The molecule has 0 unspecified atom stereocenters. The molecule has 194 valence electrons. The van der Waals surface area contributed by atoms with Crippen LogP contribution in [0, 0.1) is 17.0 Å². The molecule has 2 N–H and O–H groups in total. The molecule has 38 heavy (non-hydrogen) atoms. The van der Waals surface area contributed by atoms with E-state index in [1.54, 1.807) is 62.4 Å². The molecule has 0 aliphatic heterocycles. The fourth-order valence-electron chi connectivity index (χ4n) is 3.30. The summed E-state index contributed by atoms with van der Waals surface area (Å²) in [5.41, 5.74) is 4.81. The monoisotopic (exact) mass is 580 g/mol. The van der Waals surface area contributed by atoms with Crippen molar-refractivity contribution in [3.05, 3.63) is 110 Å². The lowest BCUT2D eigenvalue weighted by molar-refractivity contribution is -0.386. The van der Waals surface area contributed by atoms with Gasteiger partial charge in [-0.3, -0.25) is 19.7 Å². The van der Waals surface area contributed by atoms with Crippen LogP contribution in [0.3, 0.4) is 0 Å². The van der Waals surface area contributed by atoms with Gasteiger partial charge in [0.05, 0.1) is 10.6 Å². The molecule has 4 rings (SSSR count). The van der Waals surface area contributed by atoms with Crippen molar-refractivity contribution in [3.63, 3.8) is 0 Å². The van der Waals surface area contributed by atoms with Gasteiger partial charge in [0.25, 0.3) is 5.91 Å². The van der Waals surface area contributed by atoms with Crippen LogP contribution >= 0.6 is 15.9 Å². The molecule has 0 radical (unpaired) electrons. The number of carbonyl (C=O) groups is 2. The molecule has 0 atom stereocenters. The molecule has 0 fully saturated rings. The predicted octanol–water partition coefficient (Wildman–Crippen LogP) is 5.84. The Balaban J connectivity index is 1.32. The van der Waals surface area contributed by atoms with E-state index in [1.165, 1.54) is 18.2 Å². The summed E-state index contributed by atoms with van der Waals surface area (Å²) in [6, 6.07) is 17.7. The van der Waals surface area contributed by atoms with Crippen LogP contribution in [0.25, 0.3) is 0 Å². The summed E-state index contributed by atoms with van der Waals surface area (Å²) in [4.78, 5) is 35.4. The van der Waals surface area contributed by atoms with Gasteiger partial charge in [-0.05, 0) is 83.4 Å². The maximum atomic E-state index is 12.5. The molecule has 2 amide bonds. The first-order valence-corrected chi connectivity index (χ1v) is 12.0. The maximum absolute atomic E-state index is 12.5. The number of halogens is 1. The number of hydrazone groups is 1. The molecule has 2 aromatic carbocycles. The lowest BCUT2D eigenvalue weighted by Crippen LogP contribution is -2.18. The molecule has 4 aromatic rings. The second kappa shape index (κ2) is 11.6. The number of furan rings is 2. The summed E-state index contributed by atoms with van der Waals surface area (Å²) in [6.45, 7) is 3.36. The molecule has 0 aliphatic rings. The normalized spacial score (nSPS) is 11.2. The van der Waals surface area contributed by atoms with Gasteiger partial charge in [0, 0.05) is 11.8 Å². The lowest BCUT2D eigenvalue weighted by Gasteiger charge is -2.06. The van der Waals surface area contributed by atoms with Gasteiger partial charge in [0.15, 0.2) is 21.9 Å². The van der Waals surface area contributed by atoms with Crippen LogP contribution in [0.15, 0.2) is 85.3 Å². The Morgan fingerprint density at radius 2 is 1.71 bits per heavy atom. The number of carbonyl (C=O) groups excluding carboxylic acids is 2. The van der Waals surface area contributed by atoms with E-state index >= 15 is 0 Å². The number of aryl methyl sites for hydroxylation is 1. The minimum absolute atomic E-state index is 0.00109. The number of rotatable bonds is 9. The highest BCUT2D eigenvalue weighted by molar-refractivity contribution is 9.10. The largest absolute Gasteiger partial charge is 0.479 e. The van der Waals surface area contributed by atoms with E-state index in [1.807, 2.05) is 0 Å². The number of hydrogen-bond acceptors (Lipinski definition) is 8. The molecule has 11 nitrogen and oxygen atoms in total. The number of nitrogens with one attached hydrogen (secondary N) is 2. The summed E-state index contributed by atoms with van der Waals surface area (Å²) >= 11 is 3.15. The highest BCUT2D eigenvalue weighted by atomic mass is 79.9. The van der Waals surface area contributed by atoms with Crippen molar-refractivity contribution in [2.75, 3.05) is 5.32 Å². The smallest absolute Gasteiger partial charge is 0.311 e. The van der Waals surface area contributed by atoms with Gasteiger partial charge < -0.3 is 18.9 Å². The Morgan fingerprint density at radius 1 is 1.00 bits per heavy atom. The first-order valence-electron chi connectivity index (χ1n) is 11.2. The standard InChI is InChI=1S/C26H21BrN4O7/c1-15-3-9-21(20(13-15)31(34)35)36-14-19-8-10-23(37-19)26(33)30-29-16(2)17-4-6-18(7-5-17)28-25(32)22-11-12-24(27)38-22/h3-13H,14H2,1-2H3,(H,28,32)(H,30,33)/b29-16+. The molecule has 0 saturated heterocycles. The van der Waals surface area contributed by atoms with Crippen LogP contribution in [0.5, 0.6) is 5.75 Å². The first-order chi connectivity index (χ1) is 18.2. The molecule has 0 aliphatic carbocycles. The third-order valence-corrected chi connectivity index (χ3v) is 5.68. The Kier molecular flexibility index (Phi) is 8.02. The summed E-state index contributed by atoms with van der Waals surface area (Å²) in [5.74, 6) is -0.383. The molecule has 0 spiro atoms. The van der Waals surface area contributed by atoms with E-state index in [2.05, 4.69) is 31.8 Å². The SMILES string of the molecule is C/C(=N\NC(=O)c1ccc(COc2ccc(C)cc2[N+](=O)[O-])o1)c1ccc(NC(=O)c2ccc(Br)o2)cc1. The Hall–Kier alpha value is -4.71. The molecule has 2 aromatic heterocycles. The minimum Gasteiger partial charge on any atom is -0.479 e. The van der Waals surface area contributed by atoms with E-state index in [0.29, 0.717) is 21.8 Å². The van der Waals surface area contributed by atoms with Gasteiger partial charge >= 0.3 is 11.6 Å². The van der Waals surface area contributed by atoms with Crippen molar-refractivity contribution in [1.29, 1.82) is 0 Å². The number of nitro groups is 1. The number of nitrogens with zero attached hydrogens (tertiary/aromatic N) is 2. The van der Waals surface area contributed by atoms with Gasteiger partial charge in [0.1, 0.15) is 12.4 Å². The average Bonchev–Trinajstić information content (AvgIpc) is 3.56.